The van der Waals surface area contributed by atoms with Crippen LogP contribution in [0.1, 0.15) is 16.6 Å². The standard InChI is InChI=1S/C13H12O4S/c1-3-17-13(15)12(14)11-7-8-6-9(16-2)4-5-10(8)18-11/h4-7H,3H2,1-2H3. The number of methoxy groups -OCH3 is 1. The van der Waals surface area contributed by atoms with Crippen LogP contribution >= 0.6 is 11.3 Å². The Labute approximate surface area is 108 Å². The third-order valence-electron chi connectivity index (χ3n) is 2.41. The quantitative estimate of drug-likeness (QED) is 0.484. The molecule has 2 rings (SSSR count). The van der Waals surface area contributed by atoms with E-state index in [9.17, 15) is 9.59 Å². The molecule has 94 valence electrons. The maximum atomic E-state index is 11.8. The molecule has 0 saturated carbocycles. The van der Waals surface area contributed by atoms with E-state index in [4.69, 9.17) is 9.47 Å². The summed E-state index contributed by atoms with van der Waals surface area (Å²) in [6.45, 7) is 1.87. The summed E-state index contributed by atoms with van der Waals surface area (Å²) in [7, 11) is 1.58. The molecule has 1 heterocycles. The number of ketones is 1. The highest BCUT2D eigenvalue weighted by Gasteiger charge is 2.19. The third-order valence-corrected chi connectivity index (χ3v) is 3.52. The highest BCUT2D eigenvalue weighted by atomic mass is 32.1. The number of esters is 1. The molecule has 0 N–H and O–H groups in total. The lowest BCUT2D eigenvalue weighted by atomic mass is 10.2. The number of benzene rings is 1. The summed E-state index contributed by atoms with van der Waals surface area (Å²) >= 11 is 1.27. The average molecular weight is 264 g/mol. The van der Waals surface area contributed by atoms with Gasteiger partial charge in [0.05, 0.1) is 18.6 Å². The first-order chi connectivity index (χ1) is 8.65. The van der Waals surface area contributed by atoms with Gasteiger partial charge in [0.2, 0.25) is 0 Å². The van der Waals surface area contributed by atoms with Gasteiger partial charge in [-0.15, -0.1) is 11.3 Å². The van der Waals surface area contributed by atoms with Gasteiger partial charge in [-0.25, -0.2) is 4.79 Å². The van der Waals surface area contributed by atoms with Crippen LogP contribution in [0.5, 0.6) is 5.75 Å². The summed E-state index contributed by atoms with van der Waals surface area (Å²) in [6.07, 6.45) is 0. The topological polar surface area (TPSA) is 52.6 Å². The number of rotatable bonds is 4. The molecule has 0 saturated heterocycles. The Hall–Kier alpha value is -1.88. The predicted molar refractivity (Wildman–Crippen MR) is 69.3 cm³/mol. The van der Waals surface area contributed by atoms with Crippen LogP contribution in [0.2, 0.25) is 0 Å². The Balaban J connectivity index is 2.35. The van der Waals surface area contributed by atoms with Crippen LogP contribution < -0.4 is 4.74 Å². The van der Waals surface area contributed by atoms with Gasteiger partial charge >= 0.3 is 5.97 Å². The first kappa shape index (κ1) is 12.6. The van der Waals surface area contributed by atoms with Crippen LogP contribution in [-0.4, -0.2) is 25.5 Å². The zero-order valence-corrected chi connectivity index (χ0v) is 10.9. The van der Waals surface area contributed by atoms with Crippen molar-refractivity contribution in [1.82, 2.24) is 0 Å². The van der Waals surface area contributed by atoms with Crippen molar-refractivity contribution in [1.29, 1.82) is 0 Å². The minimum Gasteiger partial charge on any atom is -0.497 e. The molecule has 2 aromatic rings. The fourth-order valence-electron chi connectivity index (χ4n) is 1.56. The SMILES string of the molecule is CCOC(=O)C(=O)c1cc2cc(OC)ccc2s1. The van der Waals surface area contributed by atoms with E-state index in [0.29, 0.717) is 4.88 Å². The molecule has 1 aromatic carbocycles. The van der Waals surface area contributed by atoms with Crippen molar-refractivity contribution in [2.24, 2.45) is 0 Å². The fraction of sp³-hybridized carbons (Fsp3) is 0.231. The second kappa shape index (κ2) is 5.18. The van der Waals surface area contributed by atoms with E-state index >= 15 is 0 Å². The normalized spacial score (nSPS) is 10.3. The summed E-state index contributed by atoms with van der Waals surface area (Å²) in [5.41, 5.74) is 0. The molecule has 0 spiro atoms. The van der Waals surface area contributed by atoms with E-state index in [1.54, 1.807) is 20.1 Å². The first-order valence-electron chi connectivity index (χ1n) is 5.44. The van der Waals surface area contributed by atoms with E-state index in [2.05, 4.69) is 0 Å². The van der Waals surface area contributed by atoms with Gasteiger partial charge in [0.25, 0.3) is 5.78 Å². The number of thiophene rings is 1. The van der Waals surface area contributed by atoms with Crippen LogP contribution in [0, 0.1) is 0 Å². The van der Waals surface area contributed by atoms with Gasteiger partial charge in [0, 0.05) is 4.70 Å². The molecule has 0 aliphatic heterocycles. The highest BCUT2D eigenvalue weighted by Crippen LogP contribution is 2.29. The summed E-state index contributed by atoms with van der Waals surface area (Å²) in [6, 6.07) is 7.19. The Morgan fingerprint density at radius 1 is 1.28 bits per heavy atom. The molecule has 0 radical (unpaired) electrons. The minimum absolute atomic E-state index is 0.198. The van der Waals surface area contributed by atoms with E-state index in [1.807, 2.05) is 18.2 Å². The summed E-state index contributed by atoms with van der Waals surface area (Å²) in [4.78, 5) is 23.5. The number of hydrogen-bond donors (Lipinski definition) is 0. The molecule has 5 heteroatoms. The number of carbonyl (C=O) groups is 2. The Morgan fingerprint density at radius 2 is 2.06 bits per heavy atom. The van der Waals surface area contributed by atoms with Crippen LogP contribution in [0.15, 0.2) is 24.3 Å². The predicted octanol–water partition coefficient (Wildman–Crippen LogP) is 2.66. The van der Waals surface area contributed by atoms with Crippen molar-refractivity contribution in [2.75, 3.05) is 13.7 Å². The number of fused-ring (bicyclic) bond motifs is 1. The number of hydrogen-bond acceptors (Lipinski definition) is 5. The van der Waals surface area contributed by atoms with Gasteiger partial charge in [0.1, 0.15) is 5.75 Å². The lowest BCUT2D eigenvalue weighted by Gasteiger charge is -1.97. The van der Waals surface area contributed by atoms with Crippen molar-refractivity contribution >= 4 is 33.2 Å². The smallest absolute Gasteiger partial charge is 0.380 e. The zero-order chi connectivity index (χ0) is 13.1. The van der Waals surface area contributed by atoms with E-state index in [-0.39, 0.29) is 6.61 Å². The largest absolute Gasteiger partial charge is 0.497 e. The molecule has 4 nitrogen and oxygen atoms in total. The lowest BCUT2D eigenvalue weighted by Crippen LogP contribution is -2.16. The summed E-state index contributed by atoms with van der Waals surface area (Å²) in [5.74, 6) is -0.691. The van der Waals surface area contributed by atoms with E-state index < -0.39 is 11.8 Å². The van der Waals surface area contributed by atoms with Gasteiger partial charge in [-0.2, -0.15) is 0 Å². The minimum atomic E-state index is -0.809. The van der Waals surface area contributed by atoms with Crippen LogP contribution in [0.25, 0.3) is 10.1 Å². The second-order valence-electron chi connectivity index (χ2n) is 3.56. The molecular formula is C13H12O4S. The molecule has 0 aliphatic rings. The van der Waals surface area contributed by atoms with Crippen LogP contribution in [-0.2, 0) is 9.53 Å². The summed E-state index contributed by atoms with van der Waals surface area (Å²) in [5, 5.41) is 0.881. The van der Waals surface area contributed by atoms with Crippen molar-refractivity contribution in [2.45, 2.75) is 6.92 Å². The monoisotopic (exact) mass is 264 g/mol. The first-order valence-corrected chi connectivity index (χ1v) is 6.26. The van der Waals surface area contributed by atoms with Crippen molar-refractivity contribution in [3.63, 3.8) is 0 Å². The molecule has 18 heavy (non-hydrogen) atoms. The van der Waals surface area contributed by atoms with Crippen molar-refractivity contribution in [3.8, 4) is 5.75 Å². The fourth-order valence-corrected chi connectivity index (χ4v) is 2.53. The molecule has 0 fully saturated rings. The zero-order valence-electron chi connectivity index (χ0n) is 10.1. The lowest BCUT2D eigenvalue weighted by molar-refractivity contribution is -0.137. The average Bonchev–Trinajstić information content (AvgIpc) is 2.80. The Morgan fingerprint density at radius 3 is 2.72 bits per heavy atom. The van der Waals surface area contributed by atoms with Gasteiger partial charge in [0.15, 0.2) is 0 Å². The third kappa shape index (κ3) is 2.36. The van der Waals surface area contributed by atoms with Crippen LogP contribution in [0.3, 0.4) is 0 Å². The van der Waals surface area contributed by atoms with E-state index in [1.165, 1.54) is 11.3 Å². The number of Topliss-reactive ketones (excluding diaryl/α,β-unsaturated/α-hetero) is 1. The van der Waals surface area contributed by atoms with Gasteiger partial charge < -0.3 is 9.47 Å². The molecule has 0 atom stereocenters. The maximum Gasteiger partial charge on any atom is 0.380 e. The molecule has 0 amide bonds. The van der Waals surface area contributed by atoms with Crippen molar-refractivity contribution in [3.05, 3.63) is 29.1 Å². The van der Waals surface area contributed by atoms with Crippen LogP contribution in [0.4, 0.5) is 0 Å². The molecule has 0 bridgehead atoms. The summed E-state index contributed by atoms with van der Waals surface area (Å²) < 4.78 is 10.7. The second-order valence-corrected chi connectivity index (χ2v) is 4.65. The van der Waals surface area contributed by atoms with Crippen molar-refractivity contribution < 1.29 is 19.1 Å². The van der Waals surface area contributed by atoms with Gasteiger partial charge in [-0.1, -0.05) is 0 Å². The molecular weight excluding hydrogens is 252 g/mol. The number of ether oxygens (including phenoxy) is 2. The van der Waals surface area contributed by atoms with Gasteiger partial charge in [-0.05, 0) is 36.6 Å². The van der Waals surface area contributed by atoms with E-state index in [0.717, 1.165) is 15.8 Å². The highest BCUT2D eigenvalue weighted by molar-refractivity contribution is 7.21. The molecule has 0 unspecified atom stereocenters. The molecule has 0 aliphatic carbocycles. The number of carbonyl (C=O) groups excluding carboxylic acids is 2. The Bertz CT molecular complexity index is 600. The maximum absolute atomic E-state index is 11.8. The van der Waals surface area contributed by atoms with Gasteiger partial charge in [-0.3, -0.25) is 4.79 Å². The molecule has 1 aromatic heterocycles. The Kier molecular flexibility index (Phi) is 3.62.